The molecule has 0 aromatic carbocycles. The van der Waals surface area contributed by atoms with Gasteiger partial charge in [-0.25, -0.2) is 4.79 Å². The van der Waals surface area contributed by atoms with Gasteiger partial charge in [0.1, 0.15) is 67.1 Å². The van der Waals surface area contributed by atoms with Crippen LogP contribution < -0.4 is 10.6 Å². The number of ether oxygens (including phenoxy) is 6. The standard InChI is InChI=1S/C82H154N2O21/c1-4-6-8-10-12-14-16-18-20-22-23-24-25-26-27-28-29-30-31-32-33-34-35-36-37-38-39-40-42-44-46-48-50-52-54-56-69(92)84-63(64(89)55-53-51-49-47-45-43-41-21-19-17-15-13-11-9-7-5-2)61-100-79-74(96)73(95)76(68(60-87)102-79)103-80-75(97)78(72(94)67(59-86)101-80)105-82(81(98)99)57-65(90)70(83-62(3)88)77(104-82)71(93)66(91)58-85/h28-29,63-68,70-80,85-87,89-91,93-97H,4-27,30-61H2,1-3H3,(H,83,88)(H,84,92)(H,98,99)/b29-28-. The van der Waals surface area contributed by atoms with Gasteiger partial charge in [-0.2, -0.15) is 0 Å². The number of rotatable bonds is 68. The van der Waals surface area contributed by atoms with Gasteiger partial charge >= 0.3 is 5.97 Å². The number of carboxylic acid groups (broad SMARTS) is 1. The summed E-state index contributed by atoms with van der Waals surface area (Å²) in [5.41, 5.74) is 0. The monoisotopic (exact) mass is 1500 g/mol. The van der Waals surface area contributed by atoms with E-state index in [1.807, 2.05) is 0 Å². The molecule has 0 saturated carbocycles. The van der Waals surface area contributed by atoms with Crippen LogP contribution in [0.15, 0.2) is 12.2 Å². The smallest absolute Gasteiger partial charge is 0.364 e. The van der Waals surface area contributed by atoms with Crippen molar-refractivity contribution in [1.82, 2.24) is 10.6 Å². The number of aliphatic carboxylic acids is 1. The van der Waals surface area contributed by atoms with Crippen molar-refractivity contribution in [2.45, 2.75) is 464 Å². The molecule has 618 valence electrons. The highest BCUT2D eigenvalue weighted by Gasteiger charge is 2.60. The quantitative estimate of drug-likeness (QED) is 0.0199. The minimum Gasteiger partial charge on any atom is -0.477 e. The number of carbonyl (C=O) groups is 3. The number of allylic oxidation sites excluding steroid dienone is 2. The number of carbonyl (C=O) groups excluding carboxylic acids is 2. The molecule has 3 aliphatic rings. The molecule has 14 N–H and O–H groups in total. The summed E-state index contributed by atoms with van der Waals surface area (Å²) >= 11 is 0. The first-order valence-electron chi connectivity index (χ1n) is 42.5. The van der Waals surface area contributed by atoms with Gasteiger partial charge in [0.15, 0.2) is 12.6 Å². The molecule has 0 radical (unpaired) electrons. The number of hydrogen-bond acceptors (Lipinski definition) is 20. The van der Waals surface area contributed by atoms with Crippen LogP contribution in [0.4, 0.5) is 0 Å². The maximum absolute atomic E-state index is 13.6. The molecule has 3 heterocycles. The maximum Gasteiger partial charge on any atom is 0.364 e. The molecular weight excluding hydrogens is 1350 g/mol. The van der Waals surface area contributed by atoms with Crippen LogP contribution in [0.1, 0.15) is 355 Å². The molecule has 3 fully saturated rings. The van der Waals surface area contributed by atoms with Gasteiger partial charge in [0.25, 0.3) is 5.79 Å². The summed E-state index contributed by atoms with van der Waals surface area (Å²) in [6.07, 6.45) is 38.0. The van der Waals surface area contributed by atoms with E-state index >= 15 is 0 Å². The molecule has 18 unspecified atom stereocenters. The molecule has 0 aromatic rings. The number of hydrogen-bond donors (Lipinski definition) is 14. The summed E-state index contributed by atoms with van der Waals surface area (Å²) in [7, 11) is 0. The van der Waals surface area contributed by atoms with Gasteiger partial charge in [-0.15, -0.1) is 0 Å². The average molecular weight is 1500 g/mol. The molecule has 2 amide bonds. The van der Waals surface area contributed by atoms with Crippen molar-refractivity contribution in [2.75, 3.05) is 26.4 Å². The van der Waals surface area contributed by atoms with Crippen molar-refractivity contribution < 1.29 is 104 Å². The van der Waals surface area contributed by atoms with Crippen LogP contribution >= 0.6 is 0 Å². The fourth-order valence-corrected chi connectivity index (χ4v) is 15.0. The van der Waals surface area contributed by atoms with E-state index in [4.69, 9.17) is 28.4 Å². The molecular formula is C82H154N2O21. The second-order valence-corrected chi connectivity index (χ2v) is 31.0. The first kappa shape index (κ1) is 96.7. The predicted molar refractivity (Wildman–Crippen MR) is 408 cm³/mol. The number of aliphatic hydroxyl groups excluding tert-OH is 11. The van der Waals surface area contributed by atoms with Gasteiger partial charge in [-0.1, -0.05) is 309 Å². The minimum absolute atomic E-state index is 0.227. The Kier molecular flexibility index (Phi) is 56.3. The minimum atomic E-state index is -3.08. The van der Waals surface area contributed by atoms with Crippen molar-refractivity contribution in [3.63, 3.8) is 0 Å². The summed E-state index contributed by atoms with van der Waals surface area (Å²) in [4.78, 5) is 38.7. The van der Waals surface area contributed by atoms with Crippen LogP contribution in [0.3, 0.4) is 0 Å². The molecule has 0 aliphatic carbocycles. The first-order valence-corrected chi connectivity index (χ1v) is 42.5. The van der Waals surface area contributed by atoms with Crippen LogP contribution in [0, 0.1) is 0 Å². The Bertz CT molecular complexity index is 2140. The number of carboxylic acids is 1. The number of unbranched alkanes of at least 4 members (excludes halogenated alkanes) is 46. The third-order valence-corrected chi connectivity index (χ3v) is 21.7. The van der Waals surface area contributed by atoms with Crippen molar-refractivity contribution in [2.24, 2.45) is 0 Å². The summed E-state index contributed by atoms with van der Waals surface area (Å²) < 4.78 is 35.0. The van der Waals surface area contributed by atoms with Crippen molar-refractivity contribution in [3.8, 4) is 0 Å². The normalized spacial score (nSPS) is 26.2. The topological polar surface area (TPSA) is 373 Å². The summed E-state index contributed by atoms with van der Waals surface area (Å²) in [5, 5.41) is 137. The lowest BCUT2D eigenvalue weighted by Crippen LogP contribution is -2.70. The largest absolute Gasteiger partial charge is 0.477 e. The predicted octanol–water partition coefficient (Wildman–Crippen LogP) is 12.1. The fourth-order valence-electron chi connectivity index (χ4n) is 15.0. The van der Waals surface area contributed by atoms with Gasteiger partial charge < -0.3 is 100 Å². The summed E-state index contributed by atoms with van der Waals surface area (Å²) in [6.45, 7) is 2.26. The second-order valence-electron chi connectivity index (χ2n) is 31.0. The number of amides is 2. The fraction of sp³-hybridized carbons (Fsp3) is 0.939. The SMILES string of the molecule is CCCCCCCCCCCCCCCC/C=C\CCCCCCCCCCCCCCCCCCCC(=O)NC(COC1OC(CO)C(OC2OC(CO)C(O)C(OC3(C(=O)O)CC(O)C(NC(C)=O)C(C(O)C(O)CO)O3)C2O)C(O)C1O)C(O)CCCCCCCCCCCCCCCCCC. The summed E-state index contributed by atoms with van der Waals surface area (Å²) in [5.74, 6) is -6.09. The molecule has 0 aromatic heterocycles. The average Bonchev–Trinajstić information content (AvgIpc) is 0.753. The molecule has 105 heavy (non-hydrogen) atoms. The molecule has 18 atom stereocenters. The Balaban J connectivity index is 1.43. The molecule has 0 bridgehead atoms. The zero-order valence-corrected chi connectivity index (χ0v) is 65.6. The summed E-state index contributed by atoms with van der Waals surface area (Å²) in [6, 6.07) is -2.53. The van der Waals surface area contributed by atoms with Gasteiger partial charge in [-0.3, -0.25) is 9.59 Å². The van der Waals surface area contributed by atoms with E-state index in [9.17, 15) is 75.7 Å². The number of aliphatic hydroxyl groups is 11. The second kappa shape index (κ2) is 61.1. The van der Waals surface area contributed by atoms with E-state index in [2.05, 4.69) is 36.6 Å². The van der Waals surface area contributed by atoms with Crippen LogP contribution in [0.5, 0.6) is 0 Å². The molecule has 3 rings (SSSR count). The highest BCUT2D eigenvalue weighted by molar-refractivity contribution is 5.77. The first-order chi connectivity index (χ1) is 50.9. The third-order valence-electron chi connectivity index (χ3n) is 21.7. The highest BCUT2D eigenvalue weighted by atomic mass is 16.8. The lowest BCUT2D eigenvalue weighted by Gasteiger charge is -2.50. The van der Waals surface area contributed by atoms with Gasteiger partial charge in [-0.05, 0) is 38.5 Å². The lowest BCUT2D eigenvalue weighted by molar-refractivity contribution is -0.386. The van der Waals surface area contributed by atoms with E-state index in [1.54, 1.807) is 0 Å². The molecule has 23 nitrogen and oxygen atoms in total. The van der Waals surface area contributed by atoms with E-state index in [0.717, 1.165) is 58.3 Å². The Morgan fingerprint density at radius 1 is 0.486 bits per heavy atom. The molecule has 0 spiro atoms. The Hall–Kier alpha value is -2.53. The zero-order valence-electron chi connectivity index (χ0n) is 65.6. The van der Waals surface area contributed by atoms with Crippen LogP contribution in [0.2, 0.25) is 0 Å². The van der Waals surface area contributed by atoms with Crippen LogP contribution in [-0.4, -0.2) is 215 Å². The Labute approximate surface area is 632 Å². The van der Waals surface area contributed by atoms with Gasteiger partial charge in [0, 0.05) is 19.8 Å². The van der Waals surface area contributed by atoms with Crippen molar-refractivity contribution in [3.05, 3.63) is 12.2 Å². The molecule has 3 aliphatic heterocycles. The Morgan fingerprint density at radius 2 is 0.886 bits per heavy atom. The van der Waals surface area contributed by atoms with Crippen molar-refractivity contribution >= 4 is 17.8 Å². The van der Waals surface area contributed by atoms with Crippen molar-refractivity contribution in [1.29, 1.82) is 0 Å². The highest BCUT2D eigenvalue weighted by Crippen LogP contribution is 2.39. The van der Waals surface area contributed by atoms with Crippen LogP contribution in [-0.2, 0) is 42.8 Å². The van der Waals surface area contributed by atoms with Gasteiger partial charge in [0.05, 0.1) is 50.7 Å². The molecule has 3 saturated heterocycles. The van der Waals surface area contributed by atoms with E-state index < -0.39 is 148 Å². The maximum atomic E-state index is 13.6. The molecule has 23 heteroatoms. The number of nitrogens with one attached hydrogen (secondary N) is 2. The van der Waals surface area contributed by atoms with Gasteiger partial charge in [0.2, 0.25) is 11.8 Å². The van der Waals surface area contributed by atoms with Crippen LogP contribution in [0.25, 0.3) is 0 Å². The van der Waals surface area contributed by atoms with E-state index in [-0.39, 0.29) is 18.9 Å². The zero-order chi connectivity index (χ0) is 76.7. The van der Waals surface area contributed by atoms with E-state index in [1.165, 1.54) is 250 Å². The van der Waals surface area contributed by atoms with E-state index in [0.29, 0.717) is 19.3 Å². The lowest BCUT2D eigenvalue weighted by atomic mass is 9.88. The third kappa shape index (κ3) is 41.0. The Morgan fingerprint density at radius 3 is 1.29 bits per heavy atom.